The summed E-state index contributed by atoms with van der Waals surface area (Å²) in [5.41, 5.74) is 0.0749. The number of rotatable bonds is 16. The van der Waals surface area contributed by atoms with Crippen molar-refractivity contribution in [3.8, 4) is 0 Å². The van der Waals surface area contributed by atoms with Crippen LogP contribution in [0.15, 0.2) is 12.2 Å². The summed E-state index contributed by atoms with van der Waals surface area (Å²) < 4.78 is 22.2. The van der Waals surface area contributed by atoms with Gasteiger partial charge >= 0.3 is 5.97 Å². The molecule has 0 saturated carbocycles. The van der Waals surface area contributed by atoms with Crippen LogP contribution in [0.2, 0.25) is 0 Å². The average molecular weight is 373 g/mol. The van der Waals surface area contributed by atoms with E-state index in [4.69, 9.17) is 18.9 Å². The molecule has 0 N–H and O–H groups in total. The predicted octanol–water partition coefficient (Wildman–Crippen LogP) is 5.24. The van der Waals surface area contributed by atoms with Gasteiger partial charge in [-0.2, -0.15) is 0 Å². The summed E-state index contributed by atoms with van der Waals surface area (Å²) in [6.45, 7) is 9.95. The number of carbonyl (C=O) groups is 1. The van der Waals surface area contributed by atoms with Crippen molar-refractivity contribution in [1.29, 1.82) is 0 Å². The third-order valence-electron chi connectivity index (χ3n) is 5.08. The van der Waals surface area contributed by atoms with Crippen LogP contribution in [-0.2, 0) is 23.7 Å². The molecule has 0 saturated heterocycles. The van der Waals surface area contributed by atoms with Crippen LogP contribution in [0.5, 0.6) is 0 Å². The van der Waals surface area contributed by atoms with Gasteiger partial charge in [-0.1, -0.05) is 59.0 Å². The SMILES string of the molecule is C=C(C)C(=O)OCCCC(C)(CCCCCCCC)C(OC)(OC)OC. The number of carbonyl (C=O) groups excluding carboxylic acids is 1. The molecule has 0 aromatic rings. The van der Waals surface area contributed by atoms with E-state index in [0.717, 1.165) is 19.3 Å². The molecular formula is C21H40O5. The summed E-state index contributed by atoms with van der Waals surface area (Å²) in [5.74, 6) is -1.45. The lowest BCUT2D eigenvalue weighted by atomic mass is 9.77. The minimum atomic E-state index is -1.10. The number of hydrogen-bond acceptors (Lipinski definition) is 5. The third-order valence-corrected chi connectivity index (χ3v) is 5.08. The Morgan fingerprint density at radius 2 is 1.38 bits per heavy atom. The molecule has 0 radical (unpaired) electrons. The van der Waals surface area contributed by atoms with Gasteiger partial charge in [-0.3, -0.25) is 0 Å². The Bertz CT molecular complexity index is 395. The first-order chi connectivity index (χ1) is 12.3. The number of ether oxygens (including phenoxy) is 4. The fourth-order valence-corrected chi connectivity index (χ4v) is 3.47. The van der Waals surface area contributed by atoms with Crippen LogP contribution < -0.4 is 0 Å². The van der Waals surface area contributed by atoms with Gasteiger partial charge in [0.15, 0.2) is 0 Å². The summed E-state index contributed by atoms with van der Waals surface area (Å²) in [6.07, 6.45) is 9.75. The maximum Gasteiger partial charge on any atom is 0.333 e. The van der Waals surface area contributed by atoms with E-state index in [1.54, 1.807) is 28.3 Å². The largest absolute Gasteiger partial charge is 0.462 e. The second-order valence-corrected chi connectivity index (χ2v) is 7.27. The topological polar surface area (TPSA) is 54.0 Å². The molecule has 0 aliphatic heterocycles. The molecule has 26 heavy (non-hydrogen) atoms. The maximum atomic E-state index is 11.5. The van der Waals surface area contributed by atoms with Crippen LogP contribution in [0.3, 0.4) is 0 Å². The molecule has 0 amide bonds. The molecule has 0 aromatic carbocycles. The molecule has 0 rings (SSSR count). The molecule has 5 nitrogen and oxygen atoms in total. The van der Waals surface area contributed by atoms with Crippen LogP contribution >= 0.6 is 0 Å². The fraction of sp³-hybridized carbons (Fsp3) is 0.857. The summed E-state index contributed by atoms with van der Waals surface area (Å²) >= 11 is 0. The zero-order valence-electron chi connectivity index (χ0n) is 17.8. The normalized spacial score (nSPS) is 14.1. The lowest BCUT2D eigenvalue weighted by molar-refractivity contribution is -0.406. The minimum Gasteiger partial charge on any atom is -0.462 e. The smallest absolute Gasteiger partial charge is 0.333 e. The molecule has 0 aliphatic rings. The third kappa shape index (κ3) is 7.77. The van der Waals surface area contributed by atoms with E-state index < -0.39 is 5.97 Å². The van der Waals surface area contributed by atoms with Crippen molar-refractivity contribution in [2.24, 2.45) is 5.41 Å². The molecule has 0 bridgehead atoms. The molecule has 1 unspecified atom stereocenters. The van der Waals surface area contributed by atoms with Crippen LogP contribution in [0.1, 0.15) is 78.6 Å². The fourth-order valence-electron chi connectivity index (χ4n) is 3.47. The van der Waals surface area contributed by atoms with Gasteiger partial charge < -0.3 is 18.9 Å². The van der Waals surface area contributed by atoms with Gasteiger partial charge in [-0.15, -0.1) is 0 Å². The predicted molar refractivity (Wildman–Crippen MR) is 105 cm³/mol. The van der Waals surface area contributed by atoms with E-state index in [0.29, 0.717) is 18.6 Å². The highest BCUT2D eigenvalue weighted by Gasteiger charge is 2.49. The Balaban J connectivity index is 4.77. The quantitative estimate of drug-likeness (QED) is 0.161. The Kier molecular flexibility index (Phi) is 12.8. The highest BCUT2D eigenvalue weighted by molar-refractivity contribution is 5.86. The highest BCUT2D eigenvalue weighted by atomic mass is 16.9. The summed E-state index contributed by atoms with van der Waals surface area (Å²) in [7, 11) is 4.81. The number of methoxy groups -OCH3 is 3. The summed E-state index contributed by atoms with van der Waals surface area (Å²) in [5, 5.41) is 0. The first kappa shape index (κ1) is 25.1. The maximum absolute atomic E-state index is 11.5. The van der Waals surface area contributed by atoms with Crippen LogP contribution in [0.25, 0.3) is 0 Å². The van der Waals surface area contributed by atoms with Gasteiger partial charge in [-0.25, -0.2) is 4.79 Å². The molecule has 0 spiro atoms. The Morgan fingerprint density at radius 3 is 1.88 bits per heavy atom. The van der Waals surface area contributed by atoms with Gasteiger partial charge in [0.1, 0.15) is 0 Å². The lowest BCUT2D eigenvalue weighted by Gasteiger charge is -2.45. The molecule has 0 aromatic heterocycles. The Morgan fingerprint density at radius 1 is 0.885 bits per heavy atom. The Labute approximate surface area is 160 Å². The van der Waals surface area contributed by atoms with Crippen molar-refractivity contribution in [2.75, 3.05) is 27.9 Å². The minimum absolute atomic E-state index is 0.342. The van der Waals surface area contributed by atoms with Gasteiger partial charge in [0.2, 0.25) is 0 Å². The number of hydrogen-bond donors (Lipinski definition) is 0. The molecule has 0 aliphatic carbocycles. The molecule has 0 heterocycles. The molecule has 1 atom stereocenters. The second kappa shape index (κ2) is 13.3. The molecule has 0 fully saturated rings. The van der Waals surface area contributed by atoms with E-state index >= 15 is 0 Å². The number of esters is 1. The van der Waals surface area contributed by atoms with E-state index in [-0.39, 0.29) is 11.4 Å². The van der Waals surface area contributed by atoms with Gasteiger partial charge in [-0.05, 0) is 26.2 Å². The van der Waals surface area contributed by atoms with Gasteiger partial charge in [0, 0.05) is 32.3 Å². The van der Waals surface area contributed by atoms with Crippen molar-refractivity contribution in [2.45, 2.75) is 84.5 Å². The van der Waals surface area contributed by atoms with Crippen molar-refractivity contribution in [1.82, 2.24) is 0 Å². The first-order valence-electron chi connectivity index (χ1n) is 9.80. The summed E-state index contributed by atoms with van der Waals surface area (Å²) in [4.78, 5) is 11.5. The lowest BCUT2D eigenvalue weighted by Crippen LogP contribution is -2.51. The monoisotopic (exact) mass is 372 g/mol. The zero-order valence-corrected chi connectivity index (χ0v) is 17.8. The average Bonchev–Trinajstić information content (AvgIpc) is 2.63. The van der Waals surface area contributed by atoms with E-state index in [2.05, 4.69) is 20.4 Å². The van der Waals surface area contributed by atoms with E-state index in [1.807, 2.05) is 0 Å². The molecule has 5 heteroatoms. The molecular weight excluding hydrogens is 332 g/mol. The number of unbranched alkanes of at least 4 members (excludes halogenated alkanes) is 5. The highest BCUT2D eigenvalue weighted by Crippen LogP contribution is 2.44. The van der Waals surface area contributed by atoms with Crippen LogP contribution in [-0.4, -0.2) is 39.9 Å². The van der Waals surface area contributed by atoms with Crippen molar-refractivity contribution in [3.05, 3.63) is 12.2 Å². The zero-order chi connectivity index (χ0) is 20.1. The van der Waals surface area contributed by atoms with E-state index in [1.165, 1.54) is 32.1 Å². The van der Waals surface area contributed by atoms with Crippen molar-refractivity contribution >= 4 is 5.97 Å². The Hall–Kier alpha value is -0.910. The second-order valence-electron chi connectivity index (χ2n) is 7.27. The standard InChI is InChI=1S/C21H40O5/c1-8-9-10-11-12-13-15-20(4,21(23-5,24-6)25-7)16-14-17-26-19(22)18(2)3/h2,8-17H2,1,3-7H3. The summed E-state index contributed by atoms with van der Waals surface area (Å²) in [6, 6.07) is 0. The van der Waals surface area contributed by atoms with Crippen LogP contribution in [0, 0.1) is 5.41 Å². The van der Waals surface area contributed by atoms with Gasteiger partial charge in [0.25, 0.3) is 5.97 Å². The van der Waals surface area contributed by atoms with Gasteiger partial charge in [0.05, 0.1) is 6.61 Å². The molecule has 154 valence electrons. The van der Waals surface area contributed by atoms with Crippen LogP contribution in [0.4, 0.5) is 0 Å². The van der Waals surface area contributed by atoms with Crippen molar-refractivity contribution in [3.63, 3.8) is 0 Å². The van der Waals surface area contributed by atoms with E-state index in [9.17, 15) is 4.79 Å². The van der Waals surface area contributed by atoms with Crippen molar-refractivity contribution < 1.29 is 23.7 Å². The first-order valence-corrected chi connectivity index (χ1v) is 9.80.